The summed E-state index contributed by atoms with van der Waals surface area (Å²) in [6.07, 6.45) is 0.765. The Morgan fingerprint density at radius 1 is 1.07 bits per heavy atom. The maximum Gasteiger partial charge on any atom is 0.410 e. The van der Waals surface area contributed by atoms with Crippen molar-refractivity contribution < 1.29 is 24.1 Å². The molecule has 0 radical (unpaired) electrons. The molecule has 1 heterocycles. The molecular weight excluding hydrogens is 358 g/mol. The highest BCUT2D eigenvalue weighted by atomic mass is 16.6. The third-order valence-corrected chi connectivity index (χ3v) is 4.92. The van der Waals surface area contributed by atoms with E-state index >= 15 is 0 Å². The van der Waals surface area contributed by atoms with Gasteiger partial charge in [0.15, 0.2) is 0 Å². The van der Waals surface area contributed by atoms with Crippen LogP contribution in [0.1, 0.15) is 24.0 Å². The highest BCUT2D eigenvalue weighted by molar-refractivity contribution is 5.68. The first-order chi connectivity index (χ1) is 13.7. The zero-order chi connectivity index (χ0) is 19.8. The van der Waals surface area contributed by atoms with Gasteiger partial charge >= 0.3 is 6.09 Å². The van der Waals surface area contributed by atoms with Crippen molar-refractivity contribution in [2.24, 2.45) is 0 Å². The molecule has 3 rings (SSSR count). The van der Waals surface area contributed by atoms with E-state index in [1.54, 1.807) is 12.0 Å². The molecule has 1 N–H and O–H groups in total. The molecular formula is C22H27NO5. The summed E-state index contributed by atoms with van der Waals surface area (Å²) in [6.45, 7) is 1.19. The van der Waals surface area contributed by atoms with Crippen LogP contribution in [0.25, 0.3) is 0 Å². The summed E-state index contributed by atoms with van der Waals surface area (Å²) in [5.74, 6) is 0.806. The number of hydrogen-bond acceptors (Lipinski definition) is 5. The van der Waals surface area contributed by atoms with Crippen molar-refractivity contribution in [2.45, 2.75) is 38.2 Å². The molecule has 2 aromatic carbocycles. The van der Waals surface area contributed by atoms with Crippen molar-refractivity contribution in [3.63, 3.8) is 0 Å². The van der Waals surface area contributed by atoms with Crippen molar-refractivity contribution in [1.82, 2.24) is 4.90 Å². The number of nitrogens with zero attached hydrogens (tertiary/aromatic N) is 1. The highest BCUT2D eigenvalue weighted by Gasteiger charge is 2.36. The van der Waals surface area contributed by atoms with E-state index in [1.807, 2.05) is 54.6 Å². The molecule has 1 aliphatic rings. The maximum absolute atomic E-state index is 12.5. The number of rotatable bonds is 8. The number of amides is 1. The number of methoxy groups -OCH3 is 1. The van der Waals surface area contributed by atoms with E-state index in [2.05, 4.69) is 0 Å². The fourth-order valence-electron chi connectivity index (χ4n) is 3.38. The predicted octanol–water partition coefficient (Wildman–Crippen LogP) is 3.37. The highest BCUT2D eigenvalue weighted by Crippen LogP contribution is 2.25. The normalized spacial score (nSPS) is 18.9. The lowest BCUT2D eigenvalue weighted by Crippen LogP contribution is -2.37. The van der Waals surface area contributed by atoms with Gasteiger partial charge < -0.3 is 24.2 Å². The molecule has 28 heavy (non-hydrogen) atoms. The standard InChI is InChI=1S/C22H27NO5/c1-26-20-9-7-18(8-10-20)15-27-21-13-19(11-12-24)23(14-21)22(25)28-16-17-5-3-2-4-6-17/h2-10,19,21,24H,11-16H2,1H3/t19-,21-/m1/s1. The molecule has 1 fully saturated rings. The van der Waals surface area contributed by atoms with Crippen LogP contribution in [0.4, 0.5) is 4.79 Å². The molecule has 0 aromatic heterocycles. The van der Waals surface area contributed by atoms with Crippen LogP contribution in [0.5, 0.6) is 5.75 Å². The average molecular weight is 385 g/mol. The first kappa shape index (κ1) is 20.2. The van der Waals surface area contributed by atoms with Gasteiger partial charge in [-0.3, -0.25) is 0 Å². The molecule has 2 atom stereocenters. The lowest BCUT2D eigenvalue weighted by atomic mass is 10.1. The van der Waals surface area contributed by atoms with Crippen LogP contribution in [0.2, 0.25) is 0 Å². The molecule has 6 nitrogen and oxygen atoms in total. The number of aliphatic hydroxyl groups excluding tert-OH is 1. The van der Waals surface area contributed by atoms with E-state index in [1.165, 1.54) is 0 Å². The third kappa shape index (κ3) is 5.47. The zero-order valence-electron chi connectivity index (χ0n) is 16.1. The van der Waals surface area contributed by atoms with Crippen molar-refractivity contribution in [1.29, 1.82) is 0 Å². The van der Waals surface area contributed by atoms with Crippen molar-refractivity contribution >= 4 is 6.09 Å². The van der Waals surface area contributed by atoms with E-state index in [0.717, 1.165) is 16.9 Å². The van der Waals surface area contributed by atoms with Gasteiger partial charge in [-0.25, -0.2) is 4.79 Å². The summed E-state index contributed by atoms with van der Waals surface area (Å²) in [6, 6.07) is 17.2. The Balaban J connectivity index is 1.52. The molecule has 150 valence electrons. The van der Waals surface area contributed by atoms with Crippen molar-refractivity contribution in [3.8, 4) is 5.75 Å². The molecule has 1 amide bonds. The minimum Gasteiger partial charge on any atom is -0.497 e. The van der Waals surface area contributed by atoms with Crippen LogP contribution in [-0.4, -0.2) is 48.5 Å². The summed E-state index contributed by atoms with van der Waals surface area (Å²) in [5.41, 5.74) is 1.99. The van der Waals surface area contributed by atoms with Gasteiger partial charge in [0.25, 0.3) is 0 Å². The molecule has 0 saturated carbocycles. The van der Waals surface area contributed by atoms with Crippen molar-refractivity contribution in [2.75, 3.05) is 20.3 Å². The minimum atomic E-state index is -0.363. The number of carbonyl (C=O) groups excluding carboxylic acids is 1. The number of ether oxygens (including phenoxy) is 3. The van der Waals surface area contributed by atoms with Gasteiger partial charge in [-0.1, -0.05) is 42.5 Å². The number of carbonyl (C=O) groups is 1. The predicted molar refractivity (Wildman–Crippen MR) is 105 cm³/mol. The second-order valence-electron chi connectivity index (χ2n) is 6.88. The summed E-state index contributed by atoms with van der Waals surface area (Å²) < 4.78 is 16.6. The summed E-state index contributed by atoms with van der Waals surface area (Å²) in [4.78, 5) is 14.2. The fourth-order valence-corrected chi connectivity index (χ4v) is 3.38. The Labute approximate surface area is 165 Å². The van der Waals surface area contributed by atoms with Crippen LogP contribution in [0, 0.1) is 0 Å². The molecule has 2 aromatic rings. The molecule has 6 heteroatoms. The second kappa shape index (κ2) is 10.1. The van der Waals surface area contributed by atoms with Crippen LogP contribution < -0.4 is 4.74 Å². The largest absolute Gasteiger partial charge is 0.497 e. The zero-order valence-corrected chi connectivity index (χ0v) is 16.1. The van der Waals surface area contributed by atoms with E-state index in [-0.39, 0.29) is 31.5 Å². The molecule has 0 aliphatic carbocycles. The monoisotopic (exact) mass is 385 g/mol. The van der Waals surface area contributed by atoms with Crippen molar-refractivity contribution in [3.05, 3.63) is 65.7 Å². The Bertz CT molecular complexity index is 734. The Morgan fingerprint density at radius 3 is 2.46 bits per heavy atom. The summed E-state index contributed by atoms with van der Waals surface area (Å²) in [7, 11) is 1.64. The van der Waals surface area contributed by atoms with Gasteiger partial charge in [-0.05, 0) is 36.1 Å². The van der Waals surface area contributed by atoms with E-state index in [0.29, 0.717) is 26.0 Å². The molecule has 1 saturated heterocycles. The second-order valence-corrected chi connectivity index (χ2v) is 6.88. The van der Waals surface area contributed by atoms with E-state index in [4.69, 9.17) is 14.2 Å². The Morgan fingerprint density at radius 2 is 1.79 bits per heavy atom. The van der Waals surface area contributed by atoms with Gasteiger partial charge in [0.05, 0.1) is 26.4 Å². The lowest BCUT2D eigenvalue weighted by molar-refractivity contribution is 0.0431. The Hall–Kier alpha value is -2.57. The summed E-state index contributed by atoms with van der Waals surface area (Å²) in [5, 5.41) is 9.35. The van der Waals surface area contributed by atoms with Gasteiger partial charge in [0.2, 0.25) is 0 Å². The quantitative estimate of drug-likeness (QED) is 0.755. The van der Waals surface area contributed by atoms with Crippen LogP contribution >= 0.6 is 0 Å². The van der Waals surface area contributed by atoms with Crippen LogP contribution in [0.15, 0.2) is 54.6 Å². The lowest BCUT2D eigenvalue weighted by Gasteiger charge is -2.23. The summed E-state index contributed by atoms with van der Waals surface area (Å²) >= 11 is 0. The van der Waals surface area contributed by atoms with Gasteiger partial charge in [-0.15, -0.1) is 0 Å². The molecule has 1 aliphatic heterocycles. The first-order valence-electron chi connectivity index (χ1n) is 9.52. The Kier molecular flexibility index (Phi) is 7.28. The number of aliphatic hydroxyl groups is 1. The van der Waals surface area contributed by atoms with E-state index in [9.17, 15) is 9.90 Å². The van der Waals surface area contributed by atoms with E-state index < -0.39 is 0 Å². The first-order valence-corrected chi connectivity index (χ1v) is 9.52. The number of benzene rings is 2. The molecule has 0 bridgehead atoms. The van der Waals surface area contributed by atoms with Gasteiger partial charge in [0, 0.05) is 12.6 Å². The molecule has 0 unspecified atom stereocenters. The van der Waals surface area contributed by atoms with Gasteiger partial charge in [0.1, 0.15) is 12.4 Å². The SMILES string of the molecule is COc1ccc(CO[C@@H]2C[C@@H](CCO)N(C(=O)OCc3ccccc3)C2)cc1. The number of hydrogen-bond donors (Lipinski definition) is 1. The van der Waals surface area contributed by atoms with Gasteiger partial charge in [-0.2, -0.15) is 0 Å². The average Bonchev–Trinajstić information content (AvgIpc) is 3.15. The minimum absolute atomic E-state index is 0.0261. The topological polar surface area (TPSA) is 68.2 Å². The molecule has 0 spiro atoms. The van der Waals surface area contributed by atoms with Crippen LogP contribution in [0.3, 0.4) is 0 Å². The fraction of sp³-hybridized carbons (Fsp3) is 0.409. The third-order valence-electron chi connectivity index (χ3n) is 4.92. The smallest absolute Gasteiger partial charge is 0.410 e. The van der Waals surface area contributed by atoms with Crippen LogP contribution in [-0.2, 0) is 22.7 Å². The maximum atomic E-state index is 12.5. The number of likely N-dealkylation sites (tertiary alicyclic amines) is 1.